The highest BCUT2D eigenvalue weighted by Crippen LogP contribution is 2.30. The Bertz CT molecular complexity index is 408. The van der Waals surface area contributed by atoms with E-state index in [9.17, 15) is 0 Å². The molecular weight excluding hydrogens is 250 g/mol. The third kappa shape index (κ3) is 3.55. The summed E-state index contributed by atoms with van der Waals surface area (Å²) >= 11 is 0. The molecule has 0 saturated heterocycles. The summed E-state index contributed by atoms with van der Waals surface area (Å²) < 4.78 is 5.73. The number of aromatic nitrogens is 2. The minimum absolute atomic E-state index is 0.362. The Labute approximate surface area is 123 Å². The van der Waals surface area contributed by atoms with Crippen molar-refractivity contribution < 1.29 is 4.74 Å². The number of nitrogens with one attached hydrogen (secondary N) is 1. The van der Waals surface area contributed by atoms with Crippen LogP contribution >= 0.6 is 0 Å². The Morgan fingerprint density at radius 2 is 1.60 bits per heavy atom. The molecule has 0 aliphatic carbocycles. The van der Waals surface area contributed by atoms with Gasteiger partial charge in [-0.15, -0.1) is 0 Å². The van der Waals surface area contributed by atoms with E-state index in [0.717, 1.165) is 36.6 Å². The van der Waals surface area contributed by atoms with Crippen molar-refractivity contribution in [3.63, 3.8) is 0 Å². The number of nitrogens with zero attached hydrogens (tertiary/aromatic N) is 2. The monoisotopic (exact) mass is 279 g/mol. The van der Waals surface area contributed by atoms with Gasteiger partial charge < -0.3 is 10.1 Å². The van der Waals surface area contributed by atoms with Crippen molar-refractivity contribution in [3.05, 3.63) is 22.8 Å². The Morgan fingerprint density at radius 3 is 1.95 bits per heavy atom. The molecule has 0 fully saturated rings. The summed E-state index contributed by atoms with van der Waals surface area (Å²) in [6.45, 7) is 13.5. The van der Waals surface area contributed by atoms with Crippen LogP contribution in [-0.2, 0) is 16.9 Å². The van der Waals surface area contributed by atoms with Crippen molar-refractivity contribution in [3.8, 4) is 0 Å². The van der Waals surface area contributed by atoms with Gasteiger partial charge in [-0.2, -0.15) is 0 Å². The lowest BCUT2D eigenvalue weighted by atomic mass is 9.95. The van der Waals surface area contributed by atoms with Crippen LogP contribution in [0.1, 0.15) is 63.3 Å². The summed E-state index contributed by atoms with van der Waals surface area (Å²) in [4.78, 5) is 9.44. The lowest BCUT2D eigenvalue weighted by molar-refractivity contribution is -0.0294. The average Bonchev–Trinajstić information content (AvgIpc) is 2.40. The summed E-state index contributed by atoms with van der Waals surface area (Å²) in [5.74, 6) is 0.813. The molecule has 20 heavy (non-hydrogen) atoms. The van der Waals surface area contributed by atoms with E-state index in [2.05, 4.69) is 46.9 Å². The Kier molecular flexibility index (Phi) is 6.08. The first-order chi connectivity index (χ1) is 9.40. The van der Waals surface area contributed by atoms with Crippen LogP contribution in [-0.4, -0.2) is 23.1 Å². The van der Waals surface area contributed by atoms with Crippen LogP contribution in [0.3, 0.4) is 0 Å². The second-order valence-electron chi connectivity index (χ2n) is 5.64. The summed E-state index contributed by atoms with van der Waals surface area (Å²) in [6.07, 6.45) is 1.75. The highest BCUT2D eigenvalue weighted by Gasteiger charge is 2.32. The van der Waals surface area contributed by atoms with Gasteiger partial charge in [0.05, 0.1) is 0 Å². The van der Waals surface area contributed by atoms with E-state index < -0.39 is 0 Å². The number of hydrogen-bond donors (Lipinski definition) is 1. The smallest absolute Gasteiger partial charge is 0.160 e. The first kappa shape index (κ1) is 17.1. The summed E-state index contributed by atoms with van der Waals surface area (Å²) in [5, 5.41) is 3.43. The molecule has 0 bridgehead atoms. The zero-order valence-electron chi connectivity index (χ0n) is 14.0. The van der Waals surface area contributed by atoms with Crippen LogP contribution < -0.4 is 5.32 Å². The molecule has 0 saturated carbocycles. The maximum Gasteiger partial charge on any atom is 0.160 e. The molecule has 4 heteroatoms. The second-order valence-corrected chi connectivity index (χ2v) is 5.64. The van der Waals surface area contributed by atoms with Gasteiger partial charge in [-0.05, 0) is 26.7 Å². The van der Waals surface area contributed by atoms with Crippen molar-refractivity contribution in [1.29, 1.82) is 0 Å². The normalized spacial score (nSPS) is 12.2. The first-order valence-corrected chi connectivity index (χ1v) is 7.53. The fourth-order valence-corrected chi connectivity index (χ4v) is 2.45. The molecular formula is C16H29N3O. The molecule has 1 aromatic heterocycles. The van der Waals surface area contributed by atoms with Gasteiger partial charge in [0.1, 0.15) is 5.60 Å². The van der Waals surface area contributed by atoms with Gasteiger partial charge in [-0.1, -0.05) is 27.7 Å². The van der Waals surface area contributed by atoms with E-state index in [1.807, 2.05) is 0 Å². The van der Waals surface area contributed by atoms with E-state index in [4.69, 9.17) is 14.7 Å². The van der Waals surface area contributed by atoms with Gasteiger partial charge in [0.2, 0.25) is 0 Å². The largest absolute Gasteiger partial charge is 0.370 e. The van der Waals surface area contributed by atoms with E-state index in [0.29, 0.717) is 6.04 Å². The summed E-state index contributed by atoms with van der Waals surface area (Å²) in [7, 11) is 1.75. The van der Waals surface area contributed by atoms with Gasteiger partial charge in [0.25, 0.3) is 0 Å². The molecule has 0 aromatic carbocycles. The number of hydrogen-bond acceptors (Lipinski definition) is 4. The Morgan fingerprint density at radius 1 is 1.10 bits per heavy atom. The van der Waals surface area contributed by atoms with E-state index in [1.54, 1.807) is 7.11 Å². The molecule has 1 rings (SSSR count). The highest BCUT2D eigenvalue weighted by atomic mass is 16.5. The number of rotatable bonds is 7. The van der Waals surface area contributed by atoms with Crippen LogP contribution in [0, 0.1) is 13.8 Å². The van der Waals surface area contributed by atoms with Crippen LogP contribution in [0.15, 0.2) is 0 Å². The van der Waals surface area contributed by atoms with Gasteiger partial charge in [0, 0.05) is 36.6 Å². The van der Waals surface area contributed by atoms with E-state index in [-0.39, 0.29) is 5.60 Å². The number of aryl methyl sites for hydroxylation is 2. The molecule has 1 N–H and O–H groups in total. The highest BCUT2D eigenvalue weighted by molar-refractivity contribution is 5.25. The third-order valence-corrected chi connectivity index (χ3v) is 4.05. The van der Waals surface area contributed by atoms with Gasteiger partial charge in [-0.25, -0.2) is 9.97 Å². The van der Waals surface area contributed by atoms with Gasteiger partial charge in [-0.3, -0.25) is 0 Å². The Hall–Kier alpha value is -1.00. The van der Waals surface area contributed by atoms with E-state index >= 15 is 0 Å². The second kappa shape index (κ2) is 7.14. The van der Waals surface area contributed by atoms with Crippen LogP contribution in [0.4, 0.5) is 0 Å². The maximum atomic E-state index is 5.73. The number of methoxy groups -OCH3 is 1. The summed E-state index contributed by atoms with van der Waals surface area (Å²) in [5.41, 5.74) is 2.92. The summed E-state index contributed by atoms with van der Waals surface area (Å²) in [6, 6.07) is 0.456. The lowest BCUT2D eigenvalue weighted by Crippen LogP contribution is -2.31. The van der Waals surface area contributed by atoms with Gasteiger partial charge >= 0.3 is 0 Å². The fourth-order valence-electron chi connectivity index (χ4n) is 2.45. The predicted molar refractivity (Wildman–Crippen MR) is 82.8 cm³/mol. The average molecular weight is 279 g/mol. The molecule has 114 valence electrons. The van der Waals surface area contributed by atoms with Crippen molar-refractivity contribution in [2.24, 2.45) is 0 Å². The molecule has 0 aliphatic rings. The molecule has 4 nitrogen and oxygen atoms in total. The third-order valence-electron chi connectivity index (χ3n) is 4.05. The van der Waals surface area contributed by atoms with Crippen LogP contribution in [0.25, 0.3) is 0 Å². The topological polar surface area (TPSA) is 47.0 Å². The molecule has 0 radical (unpaired) electrons. The van der Waals surface area contributed by atoms with Crippen LogP contribution in [0.5, 0.6) is 0 Å². The van der Waals surface area contributed by atoms with Gasteiger partial charge in [0.15, 0.2) is 5.82 Å². The molecule has 1 aromatic rings. The molecule has 0 unspecified atom stereocenters. The maximum absolute atomic E-state index is 5.73. The number of ether oxygens (including phenoxy) is 1. The fraction of sp³-hybridized carbons (Fsp3) is 0.750. The molecule has 0 aliphatic heterocycles. The van der Waals surface area contributed by atoms with Crippen molar-refractivity contribution in [1.82, 2.24) is 15.3 Å². The standard InChI is InChI=1S/C16H29N3O/c1-8-16(9-2,20-7)15-18-12(5)14(13(6)19-15)10-17-11(3)4/h11,17H,8-10H2,1-7H3. The predicted octanol–water partition coefficient (Wildman–Crippen LogP) is 3.25. The van der Waals surface area contributed by atoms with Crippen molar-refractivity contribution in [2.75, 3.05) is 7.11 Å². The molecule has 0 amide bonds. The quantitative estimate of drug-likeness (QED) is 0.832. The zero-order valence-corrected chi connectivity index (χ0v) is 14.0. The van der Waals surface area contributed by atoms with Crippen molar-refractivity contribution in [2.45, 2.75) is 72.6 Å². The first-order valence-electron chi connectivity index (χ1n) is 7.53. The Balaban J connectivity index is 3.15. The van der Waals surface area contributed by atoms with Crippen molar-refractivity contribution >= 4 is 0 Å². The molecule has 1 heterocycles. The minimum Gasteiger partial charge on any atom is -0.370 e. The minimum atomic E-state index is -0.362. The molecule has 0 atom stereocenters. The molecule has 0 spiro atoms. The zero-order chi connectivity index (χ0) is 15.3. The lowest BCUT2D eigenvalue weighted by Gasteiger charge is -2.29. The SMILES string of the molecule is CCC(CC)(OC)c1nc(C)c(CNC(C)C)c(C)n1. The van der Waals surface area contributed by atoms with E-state index in [1.165, 1.54) is 5.56 Å². The van der Waals surface area contributed by atoms with Crippen LogP contribution in [0.2, 0.25) is 0 Å².